The smallest absolute Gasteiger partial charge is 0.274 e. The number of pyridine rings is 1. The number of fused-ring (bicyclic) bond motifs is 1. The fraction of sp³-hybridized carbons (Fsp3) is 0.286. The maximum Gasteiger partial charge on any atom is 0.274 e. The van der Waals surface area contributed by atoms with Crippen molar-refractivity contribution >= 4 is 23.1 Å². The van der Waals surface area contributed by atoms with Gasteiger partial charge in [-0.15, -0.1) is 0 Å². The number of aryl methyl sites for hydroxylation is 2. The van der Waals surface area contributed by atoms with E-state index in [0.29, 0.717) is 12.2 Å². The first-order valence-electron chi connectivity index (χ1n) is 9.07. The number of carbonyl (C=O) groups excluding carboxylic acids is 2. The van der Waals surface area contributed by atoms with Gasteiger partial charge in [0.25, 0.3) is 5.91 Å². The standard InChI is InChI=1S/C21H22N4O2/c1-14-7-9-17(10-8-14)25-11-16(3)24(13-20(25)26)21(27)18-12-23-15(2)5-4-6-19(23)22-18/h4-10,12,16H,11,13H2,1-3H3. The quantitative estimate of drug-likeness (QED) is 0.704. The zero-order valence-corrected chi connectivity index (χ0v) is 15.7. The number of nitrogens with zero attached hydrogens (tertiary/aromatic N) is 4. The van der Waals surface area contributed by atoms with Gasteiger partial charge in [0.05, 0.1) is 0 Å². The SMILES string of the molecule is Cc1ccc(N2CC(C)N(C(=O)c3cn4c(C)cccc4n3)CC2=O)cc1. The molecule has 3 aromatic rings. The van der Waals surface area contributed by atoms with Crippen LogP contribution >= 0.6 is 0 Å². The van der Waals surface area contributed by atoms with E-state index in [1.165, 1.54) is 0 Å². The molecule has 0 aliphatic carbocycles. The summed E-state index contributed by atoms with van der Waals surface area (Å²) in [6, 6.07) is 13.5. The predicted molar refractivity (Wildman–Crippen MR) is 104 cm³/mol. The number of amides is 2. The molecular weight excluding hydrogens is 340 g/mol. The van der Waals surface area contributed by atoms with Gasteiger partial charge in [-0.2, -0.15) is 0 Å². The van der Waals surface area contributed by atoms with Crippen molar-refractivity contribution in [3.63, 3.8) is 0 Å². The third-order valence-electron chi connectivity index (χ3n) is 5.11. The molecule has 3 heterocycles. The van der Waals surface area contributed by atoms with Crippen LogP contribution < -0.4 is 4.90 Å². The van der Waals surface area contributed by atoms with Crippen molar-refractivity contribution in [3.05, 3.63) is 65.6 Å². The molecule has 6 nitrogen and oxygen atoms in total. The number of anilines is 1. The molecule has 2 aromatic heterocycles. The summed E-state index contributed by atoms with van der Waals surface area (Å²) in [7, 11) is 0. The Kier molecular flexibility index (Phi) is 4.18. The molecule has 0 bridgehead atoms. The van der Waals surface area contributed by atoms with Crippen LogP contribution in [0.4, 0.5) is 5.69 Å². The van der Waals surface area contributed by atoms with Gasteiger partial charge < -0.3 is 14.2 Å². The number of aromatic nitrogens is 2. The van der Waals surface area contributed by atoms with Gasteiger partial charge in [0.1, 0.15) is 17.9 Å². The average Bonchev–Trinajstić information content (AvgIpc) is 3.09. The Morgan fingerprint density at radius 2 is 1.85 bits per heavy atom. The fourth-order valence-electron chi connectivity index (χ4n) is 3.50. The second-order valence-corrected chi connectivity index (χ2v) is 7.14. The molecule has 1 fully saturated rings. The van der Waals surface area contributed by atoms with Gasteiger partial charge in [-0.1, -0.05) is 23.8 Å². The molecule has 1 aliphatic rings. The van der Waals surface area contributed by atoms with Crippen LogP contribution in [0.1, 0.15) is 28.7 Å². The van der Waals surface area contributed by atoms with E-state index in [0.717, 1.165) is 22.6 Å². The summed E-state index contributed by atoms with van der Waals surface area (Å²) in [5.41, 5.74) is 4.12. The van der Waals surface area contributed by atoms with Crippen molar-refractivity contribution in [3.8, 4) is 0 Å². The van der Waals surface area contributed by atoms with Crippen LogP contribution in [0.3, 0.4) is 0 Å². The fourth-order valence-corrected chi connectivity index (χ4v) is 3.50. The van der Waals surface area contributed by atoms with E-state index in [1.54, 1.807) is 16.0 Å². The summed E-state index contributed by atoms with van der Waals surface area (Å²) >= 11 is 0. The number of hydrogen-bond donors (Lipinski definition) is 0. The van der Waals surface area contributed by atoms with E-state index in [1.807, 2.05) is 67.6 Å². The Balaban J connectivity index is 1.57. The predicted octanol–water partition coefficient (Wildman–Crippen LogP) is 2.83. The van der Waals surface area contributed by atoms with Gasteiger partial charge >= 0.3 is 0 Å². The molecule has 0 saturated carbocycles. The molecule has 27 heavy (non-hydrogen) atoms. The molecule has 6 heteroatoms. The maximum absolute atomic E-state index is 13.0. The van der Waals surface area contributed by atoms with E-state index in [2.05, 4.69) is 4.98 Å². The lowest BCUT2D eigenvalue weighted by atomic mass is 10.1. The van der Waals surface area contributed by atoms with Gasteiger partial charge in [0.15, 0.2) is 0 Å². The van der Waals surface area contributed by atoms with Crippen molar-refractivity contribution in [2.75, 3.05) is 18.0 Å². The minimum absolute atomic E-state index is 0.0563. The van der Waals surface area contributed by atoms with Crippen molar-refractivity contribution in [1.29, 1.82) is 0 Å². The monoisotopic (exact) mass is 362 g/mol. The third kappa shape index (κ3) is 3.07. The molecule has 0 radical (unpaired) electrons. The Hall–Kier alpha value is -3.15. The van der Waals surface area contributed by atoms with Crippen LogP contribution in [-0.4, -0.2) is 45.2 Å². The van der Waals surface area contributed by atoms with Crippen LogP contribution in [-0.2, 0) is 4.79 Å². The lowest BCUT2D eigenvalue weighted by Gasteiger charge is -2.39. The summed E-state index contributed by atoms with van der Waals surface area (Å²) < 4.78 is 1.89. The van der Waals surface area contributed by atoms with E-state index < -0.39 is 0 Å². The molecule has 1 unspecified atom stereocenters. The van der Waals surface area contributed by atoms with Crippen molar-refractivity contribution in [2.24, 2.45) is 0 Å². The third-order valence-corrected chi connectivity index (χ3v) is 5.11. The van der Waals surface area contributed by atoms with Gasteiger partial charge in [-0.3, -0.25) is 9.59 Å². The number of carbonyl (C=O) groups is 2. The first-order valence-corrected chi connectivity index (χ1v) is 9.07. The average molecular weight is 362 g/mol. The van der Waals surface area contributed by atoms with Crippen LogP contribution in [0, 0.1) is 13.8 Å². The second kappa shape index (κ2) is 6.54. The maximum atomic E-state index is 13.0. The van der Waals surface area contributed by atoms with Gasteiger partial charge in [0, 0.05) is 30.2 Å². The lowest BCUT2D eigenvalue weighted by molar-refractivity contribution is -0.121. The topological polar surface area (TPSA) is 57.9 Å². The molecule has 0 N–H and O–H groups in total. The molecule has 1 atom stereocenters. The Labute approximate surface area is 158 Å². The van der Waals surface area contributed by atoms with Crippen molar-refractivity contribution in [1.82, 2.24) is 14.3 Å². The van der Waals surface area contributed by atoms with Crippen LogP contribution in [0.2, 0.25) is 0 Å². The van der Waals surface area contributed by atoms with Crippen LogP contribution in [0.25, 0.3) is 5.65 Å². The summed E-state index contributed by atoms with van der Waals surface area (Å²) in [6.45, 7) is 6.48. The molecule has 1 aromatic carbocycles. The zero-order chi connectivity index (χ0) is 19.1. The van der Waals surface area contributed by atoms with Crippen molar-refractivity contribution < 1.29 is 9.59 Å². The molecule has 138 valence electrons. The largest absolute Gasteiger partial charge is 0.323 e. The van der Waals surface area contributed by atoms with Gasteiger partial charge in [0.2, 0.25) is 5.91 Å². The Morgan fingerprint density at radius 1 is 1.11 bits per heavy atom. The van der Waals surface area contributed by atoms with Crippen molar-refractivity contribution in [2.45, 2.75) is 26.8 Å². The van der Waals surface area contributed by atoms with E-state index in [4.69, 9.17) is 0 Å². The Bertz CT molecular complexity index is 1020. The molecule has 0 spiro atoms. The zero-order valence-electron chi connectivity index (χ0n) is 15.7. The summed E-state index contributed by atoms with van der Waals surface area (Å²) in [6.07, 6.45) is 1.75. The van der Waals surface area contributed by atoms with Gasteiger partial charge in [-0.05, 0) is 45.0 Å². The highest BCUT2D eigenvalue weighted by Crippen LogP contribution is 2.22. The van der Waals surface area contributed by atoms with E-state index in [-0.39, 0.29) is 24.4 Å². The highest BCUT2D eigenvalue weighted by atomic mass is 16.2. The first kappa shape index (κ1) is 17.3. The number of rotatable bonds is 2. The minimum Gasteiger partial charge on any atom is -0.323 e. The van der Waals surface area contributed by atoms with Crippen LogP contribution in [0.15, 0.2) is 48.7 Å². The molecule has 1 aliphatic heterocycles. The number of piperazine rings is 1. The highest BCUT2D eigenvalue weighted by molar-refractivity contribution is 6.01. The molecule has 1 saturated heterocycles. The lowest BCUT2D eigenvalue weighted by Crippen LogP contribution is -2.57. The van der Waals surface area contributed by atoms with Crippen LogP contribution in [0.5, 0.6) is 0 Å². The molecular formula is C21H22N4O2. The molecule has 2 amide bonds. The summed E-state index contributed by atoms with van der Waals surface area (Å²) in [4.78, 5) is 33.5. The molecule has 4 rings (SSSR count). The Morgan fingerprint density at radius 3 is 2.56 bits per heavy atom. The summed E-state index contributed by atoms with van der Waals surface area (Å²) in [5.74, 6) is -0.284. The normalized spacial score (nSPS) is 17.6. The van der Waals surface area contributed by atoms with E-state index >= 15 is 0 Å². The number of hydrogen-bond acceptors (Lipinski definition) is 3. The minimum atomic E-state index is -0.206. The number of imidazole rings is 1. The van der Waals surface area contributed by atoms with E-state index in [9.17, 15) is 9.59 Å². The summed E-state index contributed by atoms with van der Waals surface area (Å²) in [5, 5.41) is 0. The second-order valence-electron chi connectivity index (χ2n) is 7.14. The van der Waals surface area contributed by atoms with Gasteiger partial charge in [-0.25, -0.2) is 4.98 Å². The highest BCUT2D eigenvalue weighted by Gasteiger charge is 2.34. The number of benzene rings is 1. The first-order chi connectivity index (χ1) is 12.9.